The van der Waals surface area contributed by atoms with Crippen molar-refractivity contribution in [2.45, 2.75) is 32.6 Å². The van der Waals surface area contributed by atoms with Gasteiger partial charge in [0.2, 0.25) is 0 Å². The monoisotopic (exact) mass is 258 g/mol. The van der Waals surface area contributed by atoms with Gasteiger partial charge in [-0.15, -0.1) is 0 Å². The first kappa shape index (κ1) is 13.1. The molecule has 2 unspecified atom stereocenters. The molecule has 4 rings (SSSR count). The summed E-state index contributed by atoms with van der Waals surface area (Å²) in [7, 11) is 0. The van der Waals surface area contributed by atoms with Gasteiger partial charge in [-0.3, -0.25) is 0 Å². The zero-order chi connectivity index (χ0) is 13.4. The number of fused-ring (bicyclic) bond motifs is 3. The van der Waals surface area contributed by atoms with Crippen LogP contribution in [0.15, 0.2) is 18.2 Å². The maximum atomic E-state index is 6.16. The number of aryl methyl sites for hydroxylation is 2. The highest BCUT2D eigenvalue weighted by Crippen LogP contribution is 2.41. The molecule has 0 spiro atoms. The van der Waals surface area contributed by atoms with Gasteiger partial charge in [-0.2, -0.15) is 0 Å². The van der Waals surface area contributed by atoms with Crippen molar-refractivity contribution in [3.05, 3.63) is 34.9 Å². The Kier molecular flexibility index (Phi) is 3.64. The highest BCUT2D eigenvalue weighted by molar-refractivity contribution is 5.34. The predicted molar refractivity (Wildman–Crippen MR) is 80.4 cm³/mol. The molecule has 2 atom stereocenters. The second kappa shape index (κ2) is 5.26. The molecule has 3 heterocycles. The van der Waals surface area contributed by atoms with Gasteiger partial charge in [0.15, 0.2) is 0 Å². The van der Waals surface area contributed by atoms with Crippen molar-refractivity contribution < 1.29 is 0 Å². The largest absolute Gasteiger partial charge is 0.330 e. The molecule has 2 nitrogen and oxygen atoms in total. The normalized spacial score (nSPS) is 31.4. The number of nitrogens with two attached hydrogens (primary N) is 1. The number of hydrogen-bond acceptors (Lipinski definition) is 2. The number of hydrogen-bond donors (Lipinski definition) is 1. The summed E-state index contributed by atoms with van der Waals surface area (Å²) in [6.45, 7) is 9.09. The standard InChI is InChI=1S/C17H26N2/c1-12-3-4-15(13(2)9-12)16(10-18)17-11-19-7-5-14(17)6-8-19/h3-4,9,14,16-17H,5-8,10-11,18H2,1-2H3. The van der Waals surface area contributed by atoms with Gasteiger partial charge in [-0.25, -0.2) is 0 Å². The van der Waals surface area contributed by atoms with Crippen molar-refractivity contribution in [3.8, 4) is 0 Å². The molecule has 2 N–H and O–H groups in total. The van der Waals surface area contributed by atoms with Crippen LogP contribution in [0.1, 0.15) is 35.4 Å². The van der Waals surface area contributed by atoms with Crippen molar-refractivity contribution >= 4 is 0 Å². The lowest BCUT2D eigenvalue weighted by atomic mass is 9.70. The summed E-state index contributed by atoms with van der Waals surface area (Å²) in [6, 6.07) is 6.87. The lowest BCUT2D eigenvalue weighted by Crippen LogP contribution is -2.50. The fourth-order valence-electron chi connectivity index (χ4n) is 4.24. The van der Waals surface area contributed by atoms with Crippen LogP contribution in [0.25, 0.3) is 0 Å². The Labute approximate surface area is 117 Å². The van der Waals surface area contributed by atoms with E-state index in [1.807, 2.05) is 0 Å². The molecule has 2 heteroatoms. The van der Waals surface area contributed by atoms with Gasteiger partial charge in [0.1, 0.15) is 0 Å². The van der Waals surface area contributed by atoms with Gasteiger partial charge in [0, 0.05) is 12.5 Å². The first-order valence-electron chi connectivity index (χ1n) is 7.68. The van der Waals surface area contributed by atoms with E-state index in [1.54, 1.807) is 0 Å². The highest BCUT2D eigenvalue weighted by Gasteiger charge is 2.38. The van der Waals surface area contributed by atoms with Crippen molar-refractivity contribution in [1.82, 2.24) is 4.90 Å². The second-order valence-corrected chi connectivity index (χ2v) is 6.50. The van der Waals surface area contributed by atoms with Gasteiger partial charge >= 0.3 is 0 Å². The molecule has 3 aliphatic heterocycles. The van der Waals surface area contributed by atoms with Gasteiger partial charge in [0.25, 0.3) is 0 Å². The molecule has 3 fully saturated rings. The molecule has 3 aliphatic rings. The van der Waals surface area contributed by atoms with Gasteiger partial charge in [-0.05, 0) is 69.3 Å². The van der Waals surface area contributed by atoms with E-state index >= 15 is 0 Å². The first-order chi connectivity index (χ1) is 9.19. The SMILES string of the molecule is Cc1ccc(C(CN)C2CN3CCC2CC3)c(C)c1. The highest BCUT2D eigenvalue weighted by atomic mass is 15.1. The molecule has 104 valence electrons. The Morgan fingerprint density at radius 2 is 2.00 bits per heavy atom. The second-order valence-electron chi connectivity index (χ2n) is 6.50. The van der Waals surface area contributed by atoms with Crippen LogP contribution in [-0.4, -0.2) is 31.1 Å². The topological polar surface area (TPSA) is 29.3 Å². The molecule has 0 radical (unpaired) electrons. The number of rotatable bonds is 3. The minimum absolute atomic E-state index is 0.550. The molecular weight excluding hydrogens is 232 g/mol. The number of benzene rings is 1. The van der Waals surface area contributed by atoms with Crippen LogP contribution in [0.4, 0.5) is 0 Å². The molecule has 1 aromatic rings. The molecule has 0 aliphatic carbocycles. The molecular formula is C17H26N2. The summed E-state index contributed by atoms with van der Waals surface area (Å²) in [6.07, 6.45) is 2.76. The molecule has 2 bridgehead atoms. The van der Waals surface area contributed by atoms with E-state index in [9.17, 15) is 0 Å². The average molecular weight is 258 g/mol. The fraction of sp³-hybridized carbons (Fsp3) is 0.647. The first-order valence-corrected chi connectivity index (χ1v) is 7.68. The number of nitrogens with zero attached hydrogens (tertiary/aromatic N) is 1. The Morgan fingerprint density at radius 1 is 1.26 bits per heavy atom. The quantitative estimate of drug-likeness (QED) is 0.903. The van der Waals surface area contributed by atoms with Gasteiger partial charge < -0.3 is 10.6 Å². The summed E-state index contributed by atoms with van der Waals surface area (Å²) in [5.41, 5.74) is 10.4. The third-order valence-corrected chi connectivity index (χ3v) is 5.30. The zero-order valence-corrected chi connectivity index (χ0v) is 12.2. The van der Waals surface area contributed by atoms with Gasteiger partial charge in [-0.1, -0.05) is 23.8 Å². The smallest absolute Gasteiger partial charge is 0.00187 e. The summed E-state index contributed by atoms with van der Waals surface area (Å²) in [5, 5.41) is 0. The lowest BCUT2D eigenvalue weighted by Gasteiger charge is -2.48. The van der Waals surface area contributed by atoms with E-state index in [4.69, 9.17) is 5.73 Å². The van der Waals surface area contributed by atoms with E-state index in [1.165, 1.54) is 49.2 Å². The molecule has 3 saturated heterocycles. The lowest BCUT2D eigenvalue weighted by molar-refractivity contribution is 0.0378. The van der Waals surface area contributed by atoms with Crippen LogP contribution in [0, 0.1) is 25.7 Å². The van der Waals surface area contributed by atoms with E-state index in [-0.39, 0.29) is 0 Å². The van der Waals surface area contributed by atoms with Crippen LogP contribution >= 0.6 is 0 Å². The van der Waals surface area contributed by atoms with Crippen molar-refractivity contribution in [1.29, 1.82) is 0 Å². The number of piperidine rings is 3. The van der Waals surface area contributed by atoms with Crippen molar-refractivity contribution in [3.63, 3.8) is 0 Å². The Balaban J connectivity index is 1.88. The van der Waals surface area contributed by atoms with Crippen LogP contribution in [0.5, 0.6) is 0 Å². The maximum absolute atomic E-state index is 6.16. The van der Waals surface area contributed by atoms with Crippen LogP contribution in [0.2, 0.25) is 0 Å². The molecule has 19 heavy (non-hydrogen) atoms. The Hall–Kier alpha value is -0.860. The van der Waals surface area contributed by atoms with E-state index in [0.29, 0.717) is 5.92 Å². The van der Waals surface area contributed by atoms with Crippen molar-refractivity contribution in [2.24, 2.45) is 17.6 Å². The summed E-state index contributed by atoms with van der Waals surface area (Å²) in [5.74, 6) is 2.22. The van der Waals surface area contributed by atoms with Crippen LogP contribution in [-0.2, 0) is 0 Å². The maximum Gasteiger partial charge on any atom is 0.00187 e. The molecule has 0 aromatic heterocycles. The zero-order valence-electron chi connectivity index (χ0n) is 12.2. The Bertz CT molecular complexity index is 447. The van der Waals surface area contributed by atoms with E-state index in [0.717, 1.165) is 18.4 Å². The summed E-state index contributed by atoms with van der Waals surface area (Å²) < 4.78 is 0. The Morgan fingerprint density at radius 3 is 2.53 bits per heavy atom. The fourth-order valence-corrected chi connectivity index (χ4v) is 4.24. The molecule has 1 aromatic carbocycles. The third kappa shape index (κ3) is 2.44. The minimum Gasteiger partial charge on any atom is -0.330 e. The third-order valence-electron chi connectivity index (χ3n) is 5.30. The summed E-state index contributed by atoms with van der Waals surface area (Å²) in [4.78, 5) is 2.64. The molecule has 0 amide bonds. The van der Waals surface area contributed by atoms with E-state index in [2.05, 4.69) is 36.9 Å². The average Bonchev–Trinajstić information content (AvgIpc) is 2.43. The van der Waals surface area contributed by atoms with Crippen LogP contribution in [0.3, 0.4) is 0 Å². The summed E-state index contributed by atoms with van der Waals surface area (Å²) >= 11 is 0. The minimum atomic E-state index is 0.550. The van der Waals surface area contributed by atoms with E-state index < -0.39 is 0 Å². The predicted octanol–water partition coefficient (Wildman–Crippen LogP) is 2.69. The van der Waals surface area contributed by atoms with Crippen LogP contribution < -0.4 is 5.73 Å². The van der Waals surface area contributed by atoms with Crippen molar-refractivity contribution in [2.75, 3.05) is 26.2 Å². The molecule has 0 saturated carbocycles. The van der Waals surface area contributed by atoms with Gasteiger partial charge in [0.05, 0.1) is 0 Å².